The number of sulfonamides is 1. The molecule has 4 rings (SSSR count). The number of amides is 1. The van der Waals surface area contributed by atoms with Crippen LogP contribution in [0.4, 0.5) is 11.4 Å². The van der Waals surface area contributed by atoms with Gasteiger partial charge in [0.05, 0.1) is 28.4 Å². The van der Waals surface area contributed by atoms with Gasteiger partial charge < -0.3 is 5.32 Å². The van der Waals surface area contributed by atoms with Crippen LogP contribution in [0.3, 0.4) is 0 Å². The Balaban J connectivity index is 1.79. The number of rotatable bonds is 8. The van der Waals surface area contributed by atoms with E-state index in [1.165, 1.54) is 16.1 Å². The van der Waals surface area contributed by atoms with Gasteiger partial charge in [0.15, 0.2) is 0 Å². The number of nitrogens with one attached hydrogen (secondary N) is 1. The molecular weight excluding hydrogens is 464 g/mol. The van der Waals surface area contributed by atoms with Crippen molar-refractivity contribution in [3.63, 3.8) is 0 Å². The van der Waals surface area contributed by atoms with Gasteiger partial charge in [0.2, 0.25) is 0 Å². The normalized spacial score (nSPS) is 11.1. The fraction of sp³-hybridized carbons (Fsp3) is 0.0741. The minimum atomic E-state index is -3.94. The average molecular weight is 489 g/mol. The van der Waals surface area contributed by atoms with Gasteiger partial charge in [0, 0.05) is 4.90 Å². The van der Waals surface area contributed by atoms with Crippen LogP contribution in [0.2, 0.25) is 0 Å². The van der Waals surface area contributed by atoms with Gasteiger partial charge >= 0.3 is 0 Å². The predicted molar refractivity (Wildman–Crippen MR) is 139 cm³/mol. The van der Waals surface area contributed by atoms with Crippen molar-refractivity contribution in [3.8, 4) is 0 Å². The highest BCUT2D eigenvalue weighted by atomic mass is 32.2. The highest BCUT2D eigenvalue weighted by molar-refractivity contribution is 7.98. The molecule has 0 fully saturated rings. The van der Waals surface area contributed by atoms with Gasteiger partial charge in [0.1, 0.15) is 0 Å². The molecule has 0 aliphatic rings. The number of thioether (sulfide) groups is 1. The van der Waals surface area contributed by atoms with Gasteiger partial charge in [-0.25, -0.2) is 8.42 Å². The van der Waals surface area contributed by atoms with Crippen molar-refractivity contribution in [3.05, 3.63) is 120 Å². The highest BCUT2D eigenvalue weighted by Gasteiger charge is 2.28. The van der Waals surface area contributed by atoms with Crippen LogP contribution in [0.5, 0.6) is 0 Å². The number of nitrogens with zero attached hydrogens (tertiary/aromatic N) is 1. The maximum absolute atomic E-state index is 13.8. The number of carbonyl (C=O) groups excluding carboxylic acids is 1. The fourth-order valence-corrected chi connectivity index (χ4v) is 5.64. The third kappa shape index (κ3) is 5.16. The third-order valence-corrected chi connectivity index (χ3v) is 7.84. The Morgan fingerprint density at radius 3 is 2.09 bits per heavy atom. The molecule has 0 saturated carbocycles. The molecule has 1 N–H and O–H groups in total. The lowest BCUT2D eigenvalue weighted by molar-refractivity contribution is 0.102. The first-order chi connectivity index (χ1) is 16.5. The van der Waals surface area contributed by atoms with Crippen LogP contribution < -0.4 is 9.62 Å². The van der Waals surface area contributed by atoms with Crippen LogP contribution in [-0.4, -0.2) is 20.6 Å². The first kappa shape index (κ1) is 23.6. The minimum absolute atomic E-state index is 0.0871. The molecule has 172 valence electrons. The number of anilines is 2. The second-order valence-electron chi connectivity index (χ2n) is 7.48. The molecule has 0 heterocycles. The largest absolute Gasteiger partial charge is 0.321 e. The molecule has 0 spiro atoms. The summed E-state index contributed by atoms with van der Waals surface area (Å²) >= 11 is 1.53. The summed E-state index contributed by atoms with van der Waals surface area (Å²) in [5.74, 6) is -0.376. The lowest BCUT2D eigenvalue weighted by atomic mass is 10.1. The molecule has 5 nitrogen and oxygen atoms in total. The van der Waals surface area contributed by atoms with E-state index in [9.17, 15) is 13.2 Å². The second kappa shape index (κ2) is 10.6. The van der Waals surface area contributed by atoms with Gasteiger partial charge in [-0.2, -0.15) is 0 Å². The zero-order valence-corrected chi connectivity index (χ0v) is 20.2. The van der Waals surface area contributed by atoms with Crippen molar-refractivity contribution >= 4 is 39.1 Å². The standard InChI is InChI=1S/C27H24N2O3S2/c1-33-26-19-11-9-17-24(26)28-27(30)23-16-8-10-18-25(23)29(20-21-12-4-2-5-13-21)34(31,32)22-14-6-3-7-15-22/h2-19H,20H2,1H3,(H,28,30). The van der Waals surface area contributed by atoms with Crippen molar-refractivity contribution in [2.45, 2.75) is 16.3 Å². The Hall–Kier alpha value is -3.55. The molecule has 0 bridgehead atoms. The van der Waals surface area contributed by atoms with Crippen LogP contribution >= 0.6 is 11.8 Å². The van der Waals surface area contributed by atoms with E-state index in [1.54, 1.807) is 54.6 Å². The molecule has 0 atom stereocenters. The van der Waals surface area contributed by atoms with Crippen molar-refractivity contribution in [2.75, 3.05) is 15.9 Å². The smallest absolute Gasteiger partial charge is 0.264 e. The van der Waals surface area contributed by atoms with E-state index in [1.807, 2.05) is 60.9 Å². The first-order valence-electron chi connectivity index (χ1n) is 10.7. The van der Waals surface area contributed by atoms with Crippen LogP contribution in [0, 0.1) is 0 Å². The van der Waals surface area contributed by atoms with Crippen LogP contribution in [0.25, 0.3) is 0 Å². The van der Waals surface area contributed by atoms with E-state index in [-0.39, 0.29) is 22.9 Å². The summed E-state index contributed by atoms with van der Waals surface area (Å²) in [6.45, 7) is 0.0871. The van der Waals surface area contributed by atoms with Gasteiger partial charge in [-0.05, 0) is 48.2 Å². The number of benzene rings is 4. The van der Waals surface area contributed by atoms with Crippen LogP contribution in [0.15, 0.2) is 119 Å². The van der Waals surface area contributed by atoms with Gasteiger partial charge in [-0.3, -0.25) is 9.10 Å². The van der Waals surface area contributed by atoms with Gasteiger partial charge in [-0.1, -0.05) is 72.8 Å². The molecule has 34 heavy (non-hydrogen) atoms. The molecule has 0 aromatic heterocycles. The van der Waals surface area contributed by atoms with E-state index >= 15 is 0 Å². The van der Waals surface area contributed by atoms with Crippen LogP contribution in [0.1, 0.15) is 15.9 Å². The molecule has 4 aromatic rings. The molecule has 0 saturated heterocycles. The Labute approximate surface area is 204 Å². The zero-order chi connectivity index (χ0) is 24.0. The Morgan fingerprint density at radius 2 is 1.38 bits per heavy atom. The molecule has 1 amide bonds. The maximum atomic E-state index is 13.8. The van der Waals surface area contributed by atoms with E-state index in [0.717, 1.165) is 10.5 Å². The van der Waals surface area contributed by atoms with Gasteiger partial charge in [0.25, 0.3) is 15.9 Å². The summed E-state index contributed by atoms with van der Waals surface area (Å²) < 4.78 is 28.8. The van der Waals surface area contributed by atoms with E-state index in [4.69, 9.17) is 0 Å². The summed E-state index contributed by atoms with van der Waals surface area (Å²) in [6.07, 6.45) is 1.94. The van der Waals surface area contributed by atoms with Gasteiger partial charge in [-0.15, -0.1) is 11.8 Å². The second-order valence-corrected chi connectivity index (χ2v) is 10.2. The maximum Gasteiger partial charge on any atom is 0.264 e. The third-order valence-electron chi connectivity index (χ3n) is 5.27. The summed E-state index contributed by atoms with van der Waals surface area (Å²) in [5, 5.41) is 2.95. The lowest BCUT2D eigenvalue weighted by Crippen LogP contribution is -2.32. The Kier molecular flexibility index (Phi) is 7.35. The first-order valence-corrected chi connectivity index (χ1v) is 13.3. The summed E-state index contributed by atoms with van der Waals surface area (Å²) in [4.78, 5) is 14.5. The molecule has 4 aromatic carbocycles. The van der Waals surface area contributed by atoms with Crippen molar-refractivity contribution in [1.29, 1.82) is 0 Å². The fourth-order valence-electron chi connectivity index (χ4n) is 3.59. The molecular formula is C27H24N2O3S2. The summed E-state index contributed by atoms with van der Waals surface area (Å²) in [6, 6.07) is 31.9. The predicted octanol–water partition coefficient (Wildman–Crippen LogP) is 6.06. The Morgan fingerprint density at radius 1 is 0.794 bits per heavy atom. The van der Waals surface area contributed by atoms with Crippen molar-refractivity contribution < 1.29 is 13.2 Å². The highest BCUT2D eigenvalue weighted by Crippen LogP contribution is 2.31. The Bertz CT molecular complexity index is 1380. The van der Waals surface area contributed by atoms with E-state index < -0.39 is 10.0 Å². The SMILES string of the molecule is CSc1ccccc1NC(=O)c1ccccc1N(Cc1ccccc1)S(=O)(=O)c1ccccc1. The lowest BCUT2D eigenvalue weighted by Gasteiger charge is -2.26. The molecule has 0 aliphatic carbocycles. The van der Waals surface area contributed by atoms with Crippen LogP contribution in [-0.2, 0) is 16.6 Å². The topological polar surface area (TPSA) is 66.5 Å². The molecule has 0 aliphatic heterocycles. The van der Waals surface area contributed by atoms with Crippen molar-refractivity contribution in [2.24, 2.45) is 0 Å². The van der Waals surface area contributed by atoms with E-state index in [0.29, 0.717) is 11.4 Å². The average Bonchev–Trinajstić information content (AvgIpc) is 2.88. The minimum Gasteiger partial charge on any atom is -0.321 e. The number of para-hydroxylation sites is 2. The number of hydrogen-bond acceptors (Lipinski definition) is 4. The zero-order valence-electron chi connectivity index (χ0n) is 18.6. The molecule has 0 radical (unpaired) electrons. The molecule has 7 heteroatoms. The quantitative estimate of drug-likeness (QED) is 0.306. The number of hydrogen-bond donors (Lipinski definition) is 1. The summed E-state index contributed by atoms with van der Waals surface area (Å²) in [7, 11) is -3.94. The summed E-state index contributed by atoms with van der Waals surface area (Å²) in [5.41, 5.74) is 2.07. The number of carbonyl (C=O) groups is 1. The van der Waals surface area contributed by atoms with Crippen molar-refractivity contribution in [1.82, 2.24) is 0 Å². The van der Waals surface area contributed by atoms with E-state index in [2.05, 4.69) is 5.32 Å². The molecule has 0 unspecified atom stereocenters. The monoisotopic (exact) mass is 488 g/mol.